The highest BCUT2D eigenvalue weighted by Gasteiger charge is 2.26. The fourth-order valence-electron chi connectivity index (χ4n) is 2.88. The second-order valence-electron chi connectivity index (χ2n) is 6.27. The van der Waals surface area contributed by atoms with Gasteiger partial charge in [-0.3, -0.25) is 19.4 Å². The molecule has 1 fully saturated rings. The van der Waals surface area contributed by atoms with Gasteiger partial charge in [-0.2, -0.15) is 0 Å². The number of anilines is 1. The first-order chi connectivity index (χ1) is 11.3. The van der Waals surface area contributed by atoms with Gasteiger partial charge in [0.2, 0.25) is 11.8 Å². The number of hydrogen-bond acceptors (Lipinski definition) is 4. The fraction of sp³-hybridized carbons (Fsp3) is 0.471. The van der Waals surface area contributed by atoms with Gasteiger partial charge < -0.3 is 10.6 Å². The predicted molar refractivity (Wildman–Crippen MR) is 91.9 cm³/mol. The highest BCUT2D eigenvalue weighted by Crippen LogP contribution is 2.21. The Hall–Kier alpha value is -2.41. The molecule has 1 saturated heterocycles. The Morgan fingerprint density at radius 2 is 1.83 bits per heavy atom. The number of urea groups is 1. The first-order valence-electron chi connectivity index (χ1n) is 7.92. The van der Waals surface area contributed by atoms with Crippen molar-refractivity contribution < 1.29 is 14.4 Å². The van der Waals surface area contributed by atoms with Crippen LogP contribution in [-0.4, -0.2) is 60.9 Å². The van der Waals surface area contributed by atoms with Crippen LogP contribution >= 0.6 is 0 Å². The number of nitrogens with one attached hydrogen (secondary N) is 2. The number of aryl methyl sites for hydroxylation is 3. The Kier molecular flexibility index (Phi) is 5.56. The Morgan fingerprint density at radius 3 is 2.38 bits per heavy atom. The Labute approximate surface area is 142 Å². The molecule has 0 spiro atoms. The van der Waals surface area contributed by atoms with Crippen LogP contribution in [0, 0.1) is 20.8 Å². The number of nitrogens with zero attached hydrogens (tertiary/aromatic N) is 2. The minimum atomic E-state index is -0.372. The van der Waals surface area contributed by atoms with Gasteiger partial charge in [0, 0.05) is 18.8 Å². The summed E-state index contributed by atoms with van der Waals surface area (Å²) in [7, 11) is 1.68. The molecule has 7 nitrogen and oxygen atoms in total. The first kappa shape index (κ1) is 17.9. The minimum absolute atomic E-state index is 0.0205. The number of benzene rings is 1. The summed E-state index contributed by atoms with van der Waals surface area (Å²) in [6.45, 7) is 6.87. The lowest BCUT2D eigenvalue weighted by Gasteiger charge is -2.20. The molecule has 7 heteroatoms. The average Bonchev–Trinajstić information content (AvgIpc) is 2.88. The molecule has 130 valence electrons. The van der Waals surface area contributed by atoms with Gasteiger partial charge >= 0.3 is 6.03 Å². The van der Waals surface area contributed by atoms with Crippen molar-refractivity contribution in [1.82, 2.24) is 15.1 Å². The lowest BCUT2D eigenvalue weighted by atomic mass is 10.1. The third-order valence-corrected chi connectivity index (χ3v) is 3.92. The maximum absolute atomic E-state index is 12.2. The summed E-state index contributed by atoms with van der Waals surface area (Å²) in [4.78, 5) is 38.5. The molecule has 0 bridgehead atoms. The van der Waals surface area contributed by atoms with E-state index in [9.17, 15) is 14.4 Å². The van der Waals surface area contributed by atoms with Crippen LogP contribution < -0.4 is 10.6 Å². The molecular weight excluding hydrogens is 308 g/mol. The third-order valence-electron chi connectivity index (χ3n) is 3.92. The highest BCUT2D eigenvalue weighted by molar-refractivity contribution is 5.97. The van der Waals surface area contributed by atoms with Crippen molar-refractivity contribution in [2.75, 3.05) is 38.5 Å². The van der Waals surface area contributed by atoms with Crippen molar-refractivity contribution >= 4 is 23.5 Å². The molecule has 24 heavy (non-hydrogen) atoms. The Morgan fingerprint density at radius 1 is 1.21 bits per heavy atom. The lowest BCUT2D eigenvalue weighted by molar-refractivity contribution is -0.128. The zero-order chi connectivity index (χ0) is 17.9. The second-order valence-corrected chi connectivity index (χ2v) is 6.27. The van der Waals surface area contributed by atoms with E-state index in [1.807, 2.05) is 32.9 Å². The average molecular weight is 332 g/mol. The van der Waals surface area contributed by atoms with Crippen molar-refractivity contribution in [1.29, 1.82) is 0 Å². The van der Waals surface area contributed by atoms with Crippen molar-refractivity contribution in [2.24, 2.45) is 0 Å². The van der Waals surface area contributed by atoms with Gasteiger partial charge in [-0.25, -0.2) is 4.79 Å². The van der Waals surface area contributed by atoms with E-state index in [0.717, 1.165) is 22.4 Å². The summed E-state index contributed by atoms with van der Waals surface area (Å²) in [6.07, 6.45) is 0. The van der Waals surface area contributed by atoms with Crippen molar-refractivity contribution in [2.45, 2.75) is 20.8 Å². The van der Waals surface area contributed by atoms with Crippen LogP contribution in [0.15, 0.2) is 12.1 Å². The Bertz CT molecular complexity index is 649. The van der Waals surface area contributed by atoms with Crippen LogP contribution in [0.25, 0.3) is 0 Å². The minimum Gasteiger partial charge on any atom is -0.336 e. The van der Waals surface area contributed by atoms with Crippen molar-refractivity contribution in [3.8, 4) is 0 Å². The van der Waals surface area contributed by atoms with Crippen LogP contribution in [0.4, 0.5) is 10.5 Å². The molecule has 1 aromatic carbocycles. The molecule has 0 aromatic heterocycles. The number of carbonyl (C=O) groups is 3. The van der Waals surface area contributed by atoms with Gasteiger partial charge in [0.05, 0.1) is 13.1 Å². The number of likely N-dealkylation sites (N-methyl/N-ethyl adjacent to an activating group) is 1. The van der Waals surface area contributed by atoms with Crippen LogP contribution in [-0.2, 0) is 9.59 Å². The molecule has 0 aliphatic carbocycles. The summed E-state index contributed by atoms with van der Waals surface area (Å²) in [6, 6.07) is 3.66. The standard InChI is InChI=1S/C17H24N4O3/c1-11-7-12(2)16(13(3)8-11)19-14(22)9-20(4)10-15(23)21-6-5-18-17(21)24/h7-8H,5-6,9-10H2,1-4H3,(H,18,24)(H,19,22). The molecule has 1 aliphatic heterocycles. The maximum atomic E-state index is 12.2. The maximum Gasteiger partial charge on any atom is 0.324 e. The number of hydrogen-bond donors (Lipinski definition) is 2. The molecular formula is C17H24N4O3. The zero-order valence-corrected chi connectivity index (χ0v) is 14.6. The normalized spacial score (nSPS) is 14.0. The van der Waals surface area contributed by atoms with E-state index in [4.69, 9.17) is 0 Å². The fourth-order valence-corrected chi connectivity index (χ4v) is 2.88. The van der Waals surface area contributed by atoms with Crippen LogP contribution in [0.5, 0.6) is 0 Å². The first-order valence-corrected chi connectivity index (χ1v) is 7.92. The van der Waals surface area contributed by atoms with Gasteiger partial charge in [-0.1, -0.05) is 17.7 Å². The molecule has 0 atom stereocenters. The molecule has 0 radical (unpaired) electrons. The summed E-state index contributed by atoms with van der Waals surface area (Å²) in [5, 5.41) is 5.49. The summed E-state index contributed by atoms with van der Waals surface area (Å²) >= 11 is 0. The number of imide groups is 1. The molecule has 4 amide bonds. The van der Waals surface area contributed by atoms with Crippen molar-refractivity contribution in [3.05, 3.63) is 28.8 Å². The molecule has 1 aromatic rings. The van der Waals surface area contributed by atoms with Crippen LogP contribution in [0.2, 0.25) is 0 Å². The van der Waals surface area contributed by atoms with E-state index >= 15 is 0 Å². The van der Waals surface area contributed by atoms with E-state index < -0.39 is 0 Å². The smallest absolute Gasteiger partial charge is 0.324 e. The van der Waals surface area contributed by atoms with Gasteiger partial charge in [0.15, 0.2) is 0 Å². The number of carbonyl (C=O) groups excluding carboxylic acids is 3. The van der Waals surface area contributed by atoms with Gasteiger partial charge in [0.25, 0.3) is 0 Å². The van der Waals surface area contributed by atoms with Crippen LogP contribution in [0.3, 0.4) is 0 Å². The van der Waals surface area contributed by atoms with E-state index in [-0.39, 0.29) is 30.9 Å². The van der Waals surface area contributed by atoms with Crippen molar-refractivity contribution in [3.63, 3.8) is 0 Å². The molecule has 2 rings (SSSR count). The molecule has 0 unspecified atom stereocenters. The number of rotatable bonds is 5. The van der Waals surface area contributed by atoms with E-state index in [1.54, 1.807) is 11.9 Å². The summed E-state index contributed by atoms with van der Waals surface area (Å²) in [5.74, 6) is -0.491. The Balaban J connectivity index is 1.90. The quantitative estimate of drug-likeness (QED) is 0.844. The lowest BCUT2D eigenvalue weighted by Crippen LogP contribution is -2.42. The molecule has 2 N–H and O–H groups in total. The zero-order valence-electron chi connectivity index (χ0n) is 14.6. The van der Waals surface area contributed by atoms with E-state index in [0.29, 0.717) is 13.1 Å². The predicted octanol–water partition coefficient (Wildman–Crippen LogP) is 1.03. The van der Waals surface area contributed by atoms with Gasteiger partial charge in [-0.05, 0) is 38.9 Å². The van der Waals surface area contributed by atoms with Gasteiger partial charge in [-0.15, -0.1) is 0 Å². The highest BCUT2D eigenvalue weighted by atomic mass is 16.2. The SMILES string of the molecule is Cc1cc(C)c(NC(=O)CN(C)CC(=O)N2CCNC2=O)c(C)c1. The second kappa shape index (κ2) is 7.44. The molecule has 1 aliphatic rings. The monoisotopic (exact) mass is 332 g/mol. The topological polar surface area (TPSA) is 81.8 Å². The molecule has 0 saturated carbocycles. The molecule has 1 heterocycles. The van der Waals surface area contributed by atoms with E-state index in [2.05, 4.69) is 10.6 Å². The largest absolute Gasteiger partial charge is 0.336 e. The summed E-state index contributed by atoms with van der Waals surface area (Å²) in [5.41, 5.74) is 3.97. The summed E-state index contributed by atoms with van der Waals surface area (Å²) < 4.78 is 0. The third kappa shape index (κ3) is 4.32. The van der Waals surface area contributed by atoms with Crippen LogP contribution in [0.1, 0.15) is 16.7 Å². The number of amides is 4. The van der Waals surface area contributed by atoms with E-state index in [1.165, 1.54) is 4.90 Å². The van der Waals surface area contributed by atoms with Gasteiger partial charge in [0.1, 0.15) is 0 Å².